The minimum atomic E-state index is -0.0443. The molecule has 0 radical (unpaired) electrons. The van der Waals surface area contributed by atoms with Gasteiger partial charge in [0.15, 0.2) is 11.6 Å². The molecule has 2 aromatic heterocycles. The van der Waals surface area contributed by atoms with E-state index >= 15 is 0 Å². The van der Waals surface area contributed by atoms with Crippen LogP contribution in [0.5, 0.6) is 0 Å². The first kappa shape index (κ1) is 16.1. The molecule has 1 saturated carbocycles. The summed E-state index contributed by atoms with van der Waals surface area (Å²) in [7, 11) is 0. The van der Waals surface area contributed by atoms with E-state index in [1.807, 2.05) is 17.0 Å². The molecule has 0 aromatic carbocycles. The van der Waals surface area contributed by atoms with Crippen LogP contribution < -0.4 is 0 Å². The van der Waals surface area contributed by atoms with Crippen LogP contribution in [0.15, 0.2) is 16.5 Å². The van der Waals surface area contributed by atoms with Crippen LogP contribution in [-0.4, -0.2) is 50.1 Å². The van der Waals surface area contributed by atoms with E-state index in [9.17, 15) is 4.79 Å². The molecule has 0 atom stereocenters. The smallest absolute Gasteiger partial charge is 0.290 e. The van der Waals surface area contributed by atoms with Crippen molar-refractivity contribution in [1.29, 1.82) is 0 Å². The van der Waals surface area contributed by atoms with Gasteiger partial charge in [0.25, 0.3) is 5.91 Å². The molecule has 2 aromatic rings. The zero-order valence-corrected chi connectivity index (χ0v) is 15.1. The molecular weight excluding hydrogens is 330 g/mol. The normalized spacial score (nSPS) is 21.0. The molecule has 4 heterocycles. The zero-order valence-electron chi connectivity index (χ0n) is 15.1. The Morgan fingerprint density at radius 1 is 1.08 bits per heavy atom. The molecule has 138 valence electrons. The summed E-state index contributed by atoms with van der Waals surface area (Å²) >= 11 is 0. The molecule has 26 heavy (non-hydrogen) atoms. The van der Waals surface area contributed by atoms with Crippen molar-refractivity contribution < 1.29 is 9.21 Å². The molecule has 1 aliphatic carbocycles. The van der Waals surface area contributed by atoms with Gasteiger partial charge in [0.1, 0.15) is 11.6 Å². The number of furan rings is 1. The third-order valence-electron chi connectivity index (χ3n) is 5.71. The van der Waals surface area contributed by atoms with Crippen molar-refractivity contribution in [2.75, 3.05) is 19.6 Å². The molecule has 0 spiro atoms. The second-order valence-electron chi connectivity index (χ2n) is 7.73. The Balaban J connectivity index is 1.25. The molecule has 2 aliphatic heterocycles. The Morgan fingerprint density at radius 2 is 1.92 bits per heavy atom. The number of amides is 1. The lowest BCUT2D eigenvalue weighted by atomic mass is 10.1. The summed E-state index contributed by atoms with van der Waals surface area (Å²) in [5.41, 5.74) is 0. The minimum Gasteiger partial charge on any atom is -0.455 e. The largest absolute Gasteiger partial charge is 0.455 e. The molecule has 0 bridgehead atoms. The van der Waals surface area contributed by atoms with Gasteiger partial charge in [0.05, 0.1) is 13.1 Å². The highest BCUT2D eigenvalue weighted by Gasteiger charge is 2.33. The van der Waals surface area contributed by atoms with Crippen molar-refractivity contribution in [3.8, 4) is 0 Å². The molecule has 1 saturated heterocycles. The fourth-order valence-corrected chi connectivity index (χ4v) is 4.07. The van der Waals surface area contributed by atoms with Crippen LogP contribution in [0.4, 0.5) is 0 Å². The monoisotopic (exact) mass is 355 g/mol. The number of hydrogen-bond acceptors (Lipinski definition) is 5. The van der Waals surface area contributed by atoms with Crippen LogP contribution in [0, 0.1) is 0 Å². The zero-order chi connectivity index (χ0) is 17.5. The average molecular weight is 355 g/mol. The van der Waals surface area contributed by atoms with Gasteiger partial charge in [-0.25, -0.2) is 0 Å². The number of aromatic nitrogens is 3. The van der Waals surface area contributed by atoms with Crippen molar-refractivity contribution >= 4 is 5.91 Å². The first-order valence-corrected chi connectivity index (χ1v) is 9.80. The highest BCUT2D eigenvalue weighted by atomic mass is 16.4. The molecule has 0 N–H and O–H groups in total. The standard InChI is InChI=1S/C19H25N5O2/c25-19(16-7-6-15(26-16)12-22-8-2-1-3-9-22)23-10-11-24-17(13-23)20-21-18(24)14-4-5-14/h6-7,14H,1-5,8-13H2. The fraction of sp³-hybridized carbons (Fsp3) is 0.632. The number of carbonyl (C=O) groups excluding carboxylic acids is 1. The van der Waals surface area contributed by atoms with Gasteiger partial charge in [-0.2, -0.15) is 0 Å². The van der Waals surface area contributed by atoms with Crippen LogP contribution in [-0.2, 0) is 19.6 Å². The maximum absolute atomic E-state index is 12.8. The third-order valence-corrected chi connectivity index (χ3v) is 5.71. The summed E-state index contributed by atoms with van der Waals surface area (Å²) in [5.74, 6) is 3.86. The van der Waals surface area contributed by atoms with E-state index in [0.717, 1.165) is 43.6 Å². The second-order valence-corrected chi connectivity index (χ2v) is 7.73. The van der Waals surface area contributed by atoms with Crippen molar-refractivity contribution in [3.05, 3.63) is 35.3 Å². The highest BCUT2D eigenvalue weighted by molar-refractivity contribution is 5.91. The lowest BCUT2D eigenvalue weighted by Gasteiger charge is -2.27. The van der Waals surface area contributed by atoms with Crippen LogP contribution in [0.3, 0.4) is 0 Å². The predicted molar refractivity (Wildman–Crippen MR) is 94.6 cm³/mol. The summed E-state index contributed by atoms with van der Waals surface area (Å²) in [6, 6.07) is 3.76. The molecular formula is C19H25N5O2. The van der Waals surface area contributed by atoms with Crippen LogP contribution in [0.2, 0.25) is 0 Å². The van der Waals surface area contributed by atoms with Crippen molar-refractivity contribution in [2.45, 2.75) is 57.7 Å². The summed E-state index contributed by atoms with van der Waals surface area (Å²) in [6.07, 6.45) is 6.26. The molecule has 5 rings (SSSR count). The van der Waals surface area contributed by atoms with E-state index in [1.165, 1.54) is 32.1 Å². The van der Waals surface area contributed by atoms with Crippen molar-refractivity contribution in [2.24, 2.45) is 0 Å². The van der Waals surface area contributed by atoms with Crippen molar-refractivity contribution in [1.82, 2.24) is 24.6 Å². The minimum absolute atomic E-state index is 0.0443. The van der Waals surface area contributed by atoms with E-state index < -0.39 is 0 Å². The van der Waals surface area contributed by atoms with Gasteiger partial charge < -0.3 is 13.9 Å². The number of piperidine rings is 1. The molecule has 7 nitrogen and oxygen atoms in total. The number of hydrogen-bond donors (Lipinski definition) is 0. The van der Waals surface area contributed by atoms with E-state index in [-0.39, 0.29) is 5.91 Å². The molecule has 2 fully saturated rings. The number of likely N-dealkylation sites (tertiary alicyclic amines) is 1. The van der Waals surface area contributed by atoms with Gasteiger partial charge in [-0.05, 0) is 50.9 Å². The van der Waals surface area contributed by atoms with Gasteiger partial charge in [0, 0.05) is 19.0 Å². The molecule has 7 heteroatoms. The SMILES string of the molecule is O=C(c1ccc(CN2CCCCC2)o1)N1CCn2c(nnc2C2CC2)C1. The fourth-order valence-electron chi connectivity index (χ4n) is 4.07. The molecule has 0 unspecified atom stereocenters. The predicted octanol–water partition coefficient (Wildman–Crippen LogP) is 2.39. The summed E-state index contributed by atoms with van der Waals surface area (Å²) < 4.78 is 8.07. The van der Waals surface area contributed by atoms with Gasteiger partial charge in [-0.15, -0.1) is 10.2 Å². The summed E-state index contributed by atoms with van der Waals surface area (Å²) in [6.45, 7) is 5.02. The Kier molecular flexibility index (Phi) is 4.04. The Morgan fingerprint density at radius 3 is 2.73 bits per heavy atom. The maximum Gasteiger partial charge on any atom is 0.290 e. The van der Waals surface area contributed by atoms with Gasteiger partial charge >= 0.3 is 0 Å². The summed E-state index contributed by atoms with van der Waals surface area (Å²) in [5, 5.41) is 8.65. The first-order chi connectivity index (χ1) is 12.8. The Labute approximate surface area is 153 Å². The Hall–Kier alpha value is -2.15. The van der Waals surface area contributed by atoms with Crippen LogP contribution in [0.1, 0.15) is 66.0 Å². The van der Waals surface area contributed by atoms with Gasteiger partial charge in [-0.1, -0.05) is 6.42 Å². The lowest BCUT2D eigenvalue weighted by molar-refractivity contribution is 0.0669. The summed E-state index contributed by atoms with van der Waals surface area (Å²) in [4.78, 5) is 17.1. The maximum atomic E-state index is 12.8. The third kappa shape index (κ3) is 3.05. The molecule has 3 aliphatic rings. The number of fused-ring (bicyclic) bond motifs is 1. The topological polar surface area (TPSA) is 67.4 Å². The van der Waals surface area contributed by atoms with E-state index in [4.69, 9.17) is 4.42 Å². The average Bonchev–Trinajstić information content (AvgIpc) is 3.26. The first-order valence-electron chi connectivity index (χ1n) is 9.80. The Bertz CT molecular complexity index is 801. The van der Waals surface area contributed by atoms with E-state index in [0.29, 0.717) is 24.8 Å². The van der Waals surface area contributed by atoms with E-state index in [2.05, 4.69) is 19.7 Å². The number of rotatable bonds is 4. The quantitative estimate of drug-likeness (QED) is 0.842. The number of nitrogens with zero attached hydrogens (tertiary/aromatic N) is 5. The lowest BCUT2D eigenvalue weighted by Crippen LogP contribution is -2.38. The highest BCUT2D eigenvalue weighted by Crippen LogP contribution is 2.39. The van der Waals surface area contributed by atoms with E-state index in [1.54, 1.807) is 0 Å². The van der Waals surface area contributed by atoms with Gasteiger partial charge in [0.2, 0.25) is 0 Å². The second kappa shape index (κ2) is 6.54. The van der Waals surface area contributed by atoms with Crippen molar-refractivity contribution in [3.63, 3.8) is 0 Å². The molecule has 1 amide bonds. The van der Waals surface area contributed by atoms with Crippen LogP contribution >= 0.6 is 0 Å². The van der Waals surface area contributed by atoms with Crippen LogP contribution in [0.25, 0.3) is 0 Å². The number of carbonyl (C=O) groups is 1. The van der Waals surface area contributed by atoms with Gasteiger partial charge in [-0.3, -0.25) is 9.69 Å².